The van der Waals surface area contributed by atoms with Crippen LogP contribution in [0.3, 0.4) is 0 Å². The Balaban J connectivity index is 1.38. The van der Waals surface area contributed by atoms with Gasteiger partial charge in [-0.2, -0.15) is 4.98 Å². The molecule has 3 rings (SSSR count). The minimum atomic E-state index is -0.0284. The maximum absolute atomic E-state index is 11.9. The number of piperidine rings is 1. The number of hydrogen-bond donors (Lipinski definition) is 2. The van der Waals surface area contributed by atoms with Gasteiger partial charge in [0.25, 0.3) is 0 Å². The first-order valence-corrected chi connectivity index (χ1v) is 8.79. The topological polar surface area (TPSA) is 96.4 Å². The van der Waals surface area contributed by atoms with Crippen molar-refractivity contribution in [3.05, 3.63) is 35.9 Å². The smallest absolute Gasteiger partial charge is 0.234 e. The molecule has 3 heterocycles. The quantitative estimate of drug-likeness (QED) is 0.738. The average Bonchev–Trinajstić information content (AvgIpc) is 3.30. The molecular weight excluding hydrogens is 322 g/mol. The number of nitrogens with one attached hydrogen (secondary N) is 2. The second kappa shape index (κ2) is 8.77. The monoisotopic (exact) mass is 347 g/mol. The molecule has 8 heteroatoms. The van der Waals surface area contributed by atoms with Gasteiger partial charge in [0.1, 0.15) is 5.76 Å². The fourth-order valence-corrected chi connectivity index (χ4v) is 2.96. The first kappa shape index (κ1) is 17.6. The highest BCUT2D eigenvalue weighted by molar-refractivity contribution is 5.77. The Bertz CT molecular complexity index is 655. The van der Waals surface area contributed by atoms with Gasteiger partial charge in [0.05, 0.1) is 25.9 Å². The maximum Gasteiger partial charge on any atom is 0.234 e. The fraction of sp³-hybridized carbons (Fsp3) is 0.588. The standard InChI is InChI=1S/C17H25N5O3/c1-2-17-20-15(21-25-17)12-22-7-3-5-13(11-22)18-10-16(23)19-9-14-6-4-8-24-14/h4,6,8,13,18H,2-3,5,7,9-12H2,1H3,(H,19,23)/t13-/m1/s1. The van der Waals surface area contributed by atoms with Crippen molar-refractivity contribution in [2.45, 2.75) is 45.3 Å². The molecule has 2 N–H and O–H groups in total. The van der Waals surface area contributed by atoms with Crippen LogP contribution in [0.4, 0.5) is 0 Å². The molecule has 1 saturated heterocycles. The van der Waals surface area contributed by atoms with Gasteiger partial charge in [-0.05, 0) is 31.5 Å². The van der Waals surface area contributed by atoms with Crippen LogP contribution < -0.4 is 10.6 Å². The summed E-state index contributed by atoms with van der Waals surface area (Å²) in [5, 5.41) is 10.2. The van der Waals surface area contributed by atoms with Crippen LogP contribution in [-0.4, -0.2) is 46.6 Å². The van der Waals surface area contributed by atoms with Gasteiger partial charge < -0.3 is 19.6 Å². The van der Waals surface area contributed by atoms with Gasteiger partial charge in [-0.1, -0.05) is 12.1 Å². The summed E-state index contributed by atoms with van der Waals surface area (Å²) >= 11 is 0. The molecule has 25 heavy (non-hydrogen) atoms. The lowest BCUT2D eigenvalue weighted by Crippen LogP contribution is -2.48. The van der Waals surface area contributed by atoms with Crippen molar-refractivity contribution in [2.75, 3.05) is 19.6 Å². The summed E-state index contributed by atoms with van der Waals surface area (Å²) in [7, 11) is 0. The summed E-state index contributed by atoms with van der Waals surface area (Å²) in [4.78, 5) is 18.6. The van der Waals surface area contributed by atoms with E-state index in [0.717, 1.165) is 43.9 Å². The molecule has 0 spiro atoms. The van der Waals surface area contributed by atoms with E-state index in [0.29, 0.717) is 31.6 Å². The van der Waals surface area contributed by atoms with E-state index in [2.05, 4.69) is 25.7 Å². The second-order valence-corrected chi connectivity index (χ2v) is 6.27. The Kier molecular flexibility index (Phi) is 6.19. The number of rotatable bonds is 8. The molecule has 8 nitrogen and oxygen atoms in total. The number of amides is 1. The molecule has 1 atom stereocenters. The van der Waals surface area contributed by atoms with Crippen molar-refractivity contribution in [1.82, 2.24) is 25.7 Å². The summed E-state index contributed by atoms with van der Waals surface area (Å²) in [6, 6.07) is 3.94. The van der Waals surface area contributed by atoms with Crippen molar-refractivity contribution in [1.29, 1.82) is 0 Å². The Morgan fingerprint density at radius 2 is 2.40 bits per heavy atom. The van der Waals surface area contributed by atoms with Crippen molar-refractivity contribution in [3.8, 4) is 0 Å². The SMILES string of the molecule is CCc1nc(CN2CCC[C@@H](NCC(=O)NCc3ccco3)C2)no1. The molecule has 1 aliphatic rings. The van der Waals surface area contributed by atoms with E-state index in [1.807, 2.05) is 19.1 Å². The highest BCUT2D eigenvalue weighted by Gasteiger charge is 2.21. The normalized spacial score (nSPS) is 18.4. The van der Waals surface area contributed by atoms with Crippen molar-refractivity contribution in [2.24, 2.45) is 0 Å². The molecule has 0 saturated carbocycles. The van der Waals surface area contributed by atoms with E-state index in [1.165, 1.54) is 0 Å². The molecule has 2 aromatic heterocycles. The summed E-state index contributed by atoms with van der Waals surface area (Å²) < 4.78 is 10.4. The van der Waals surface area contributed by atoms with Gasteiger partial charge in [-0.15, -0.1) is 0 Å². The van der Waals surface area contributed by atoms with Crippen LogP contribution in [0.15, 0.2) is 27.3 Å². The van der Waals surface area contributed by atoms with Crippen LogP contribution in [0.1, 0.15) is 37.2 Å². The van der Waals surface area contributed by atoms with E-state index in [1.54, 1.807) is 6.26 Å². The Hall–Kier alpha value is -2.19. The summed E-state index contributed by atoms with van der Waals surface area (Å²) in [6.45, 7) is 5.30. The molecule has 1 amide bonds. The number of furan rings is 1. The number of hydrogen-bond acceptors (Lipinski definition) is 7. The van der Waals surface area contributed by atoms with E-state index in [4.69, 9.17) is 8.94 Å². The Labute approximate surface area is 146 Å². The van der Waals surface area contributed by atoms with Crippen LogP contribution in [-0.2, 0) is 24.3 Å². The maximum atomic E-state index is 11.9. The number of carbonyl (C=O) groups is 1. The predicted molar refractivity (Wildman–Crippen MR) is 90.5 cm³/mol. The third-order valence-electron chi connectivity index (χ3n) is 4.27. The van der Waals surface area contributed by atoms with Crippen molar-refractivity contribution >= 4 is 5.91 Å². The van der Waals surface area contributed by atoms with Gasteiger partial charge >= 0.3 is 0 Å². The zero-order chi connectivity index (χ0) is 17.5. The minimum Gasteiger partial charge on any atom is -0.467 e. The predicted octanol–water partition coefficient (Wildman–Crippen LogP) is 1.10. The minimum absolute atomic E-state index is 0.0284. The van der Waals surface area contributed by atoms with E-state index in [-0.39, 0.29) is 5.91 Å². The summed E-state index contributed by atoms with van der Waals surface area (Å²) in [6.07, 6.45) is 4.51. The van der Waals surface area contributed by atoms with E-state index >= 15 is 0 Å². The van der Waals surface area contributed by atoms with Crippen LogP contribution >= 0.6 is 0 Å². The third-order valence-corrected chi connectivity index (χ3v) is 4.27. The lowest BCUT2D eigenvalue weighted by atomic mass is 10.1. The van der Waals surface area contributed by atoms with Crippen molar-refractivity contribution in [3.63, 3.8) is 0 Å². The zero-order valence-corrected chi connectivity index (χ0v) is 14.5. The highest BCUT2D eigenvalue weighted by Crippen LogP contribution is 2.12. The number of aromatic nitrogens is 2. The van der Waals surface area contributed by atoms with Crippen LogP contribution in [0, 0.1) is 0 Å². The molecule has 0 bridgehead atoms. The molecular formula is C17H25N5O3. The largest absolute Gasteiger partial charge is 0.467 e. The van der Waals surface area contributed by atoms with Gasteiger partial charge in [0, 0.05) is 19.0 Å². The van der Waals surface area contributed by atoms with Gasteiger partial charge in [-0.25, -0.2) is 0 Å². The third kappa shape index (κ3) is 5.40. The molecule has 0 aromatic carbocycles. The molecule has 1 fully saturated rings. The molecule has 0 aliphatic carbocycles. The number of likely N-dealkylation sites (tertiary alicyclic amines) is 1. The Morgan fingerprint density at radius 1 is 1.48 bits per heavy atom. The number of carbonyl (C=O) groups excluding carboxylic acids is 1. The van der Waals surface area contributed by atoms with Gasteiger partial charge in [-0.3, -0.25) is 9.69 Å². The highest BCUT2D eigenvalue weighted by atomic mass is 16.5. The van der Waals surface area contributed by atoms with Gasteiger partial charge in [0.2, 0.25) is 11.8 Å². The zero-order valence-electron chi connectivity index (χ0n) is 14.5. The molecule has 1 aliphatic heterocycles. The van der Waals surface area contributed by atoms with E-state index in [9.17, 15) is 4.79 Å². The lowest BCUT2D eigenvalue weighted by molar-refractivity contribution is -0.120. The Morgan fingerprint density at radius 3 is 3.16 bits per heavy atom. The summed E-state index contributed by atoms with van der Waals surface area (Å²) in [5.41, 5.74) is 0. The fourth-order valence-electron chi connectivity index (χ4n) is 2.96. The molecule has 2 aromatic rings. The van der Waals surface area contributed by atoms with Crippen molar-refractivity contribution < 1.29 is 13.7 Å². The molecule has 0 radical (unpaired) electrons. The van der Waals surface area contributed by atoms with Crippen LogP contribution in [0.25, 0.3) is 0 Å². The van der Waals surface area contributed by atoms with Crippen LogP contribution in [0.2, 0.25) is 0 Å². The second-order valence-electron chi connectivity index (χ2n) is 6.27. The first-order chi connectivity index (χ1) is 12.2. The number of nitrogens with zero attached hydrogens (tertiary/aromatic N) is 3. The van der Waals surface area contributed by atoms with Gasteiger partial charge in [0.15, 0.2) is 5.82 Å². The average molecular weight is 347 g/mol. The summed E-state index contributed by atoms with van der Waals surface area (Å²) in [5.74, 6) is 2.13. The lowest BCUT2D eigenvalue weighted by Gasteiger charge is -2.32. The van der Waals surface area contributed by atoms with E-state index < -0.39 is 0 Å². The molecule has 0 unspecified atom stereocenters. The number of aryl methyl sites for hydroxylation is 1. The first-order valence-electron chi connectivity index (χ1n) is 8.79. The van der Waals surface area contributed by atoms with Crippen LogP contribution in [0.5, 0.6) is 0 Å². The molecule has 136 valence electrons.